The van der Waals surface area contributed by atoms with Crippen molar-refractivity contribution in [2.45, 2.75) is 55.6 Å². The van der Waals surface area contributed by atoms with Crippen molar-refractivity contribution in [2.24, 2.45) is 0 Å². The van der Waals surface area contributed by atoms with Crippen LogP contribution in [0.5, 0.6) is 0 Å². The molecule has 0 radical (unpaired) electrons. The van der Waals surface area contributed by atoms with Crippen LogP contribution in [0.3, 0.4) is 0 Å². The highest BCUT2D eigenvalue weighted by Gasteiger charge is 2.42. The van der Waals surface area contributed by atoms with Gasteiger partial charge in [0.05, 0.1) is 12.0 Å². The molecular formula is C24H28ClN3O6S. The van der Waals surface area contributed by atoms with Gasteiger partial charge in [0, 0.05) is 18.1 Å². The van der Waals surface area contributed by atoms with Crippen molar-refractivity contribution in [3.8, 4) is 0 Å². The van der Waals surface area contributed by atoms with Gasteiger partial charge in [-0.1, -0.05) is 23.7 Å². The number of rotatable bonds is 6. The Balaban J connectivity index is 1.46. The van der Waals surface area contributed by atoms with Crippen molar-refractivity contribution in [3.63, 3.8) is 0 Å². The van der Waals surface area contributed by atoms with Crippen molar-refractivity contribution in [2.75, 3.05) is 20.2 Å². The Morgan fingerprint density at radius 3 is 2.54 bits per heavy atom. The summed E-state index contributed by atoms with van der Waals surface area (Å²) in [6, 6.07) is 7.33. The van der Waals surface area contributed by atoms with E-state index in [-0.39, 0.29) is 23.8 Å². The maximum Gasteiger partial charge on any atom is 0.328 e. The number of esters is 1. The predicted molar refractivity (Wildman–Crippen MR) is 130 cm³/mol. The molecule has 0 spiro atoms. The molecule has 11 heteroatoms. The third-order valence-corrected chi connectivity index (χ3v) is 8.41. The molecule has 0 saturated carbocycles. The molecule has 2 saturated heterocycles. The number of carbonyl (C=O) groups is 3. The fraction of sp³-hybridized carbons (Fsp3) is 0.458. The number of likely N-dealkylation sites (tertiary alicyclic amines) is 2. The summed E-state index contributed by atoms with van der Waals surface area (Å²) in [5.41, 5.74) is 0. The minimum Gasteiger partial charge on any atom is -0.467 e. The zero-order chi connectivity index (χ0) is 25.3. The molecule has 2 aromatic rings. The normalized spacial score (nSPS) is 21.9. The minimum absolute atomic E-state index is 0.0388. The van der Waals surface area contributed by atoms with Gasteiger partial charge in [0.2, 0.25) is 21.8 Å². The van der Waals surface area contributed by atoms with E-state index < -0.39 is 40.0 Å². The highest BCUT2D eigenvalue weighted by molar-refractivity contribution is 7.89. The van der Waals surface area contributed by atoms with Gasteiger partial charge < -0.3 is 14.5 Å². The molecule has 2 aliphatic rings. The van der Waals surface area contributed by atoms with E-state index in [1.807, 2.05) is 0 Å². The quantitative estimate of drug-likeness (QED) is 0.584. The first-order valence-electron chi connectivity index (χ1n) is 11.5. The van der Waals surface area contributed by atoms with Crippen LogP contribution in [0.25, 0.3) is 10.8 Å². The molecule has 35 heavy (non-hydrogen) atoms. The summed E-state index contributed by atoms with van der Waals surface area (Å²) in [4.78, 5) is 41.3. The van der Waals surface area contributed by atoms with E-state index in [1.165, 1.54) is 29.0 Å². The second kappa shape index (κ2) is 10.1. The van der Waals surface area contributed by atoms with E-state index in [0.29, 0.717) is 23.4 Å². The second-order valence-electron chi connectivity index (χ2n) is 8.89. The molecule has 4 rings (SSSR count). The van der Waals surface area contributed by atoms with Gasteiger partial charge in [-0.2, -0.15) is 4.72 Å². The van der Waals surface area contributed by atoms with Gasteiger partial charge in [0.25, 0.3) is 0 Å². The van der Waals surface area contributed by atoms with Gasteiger partial charge in [-0.05, 0) is 67.6 Å². The number of nitrogens with zero attached hydrogens (tertiary/aromatic N) is 2. The predicted octanol–water partition coefficient (Wildman–Crippen LogP) is 2.32. The van der Waals surface area contributed by atoms with Crippen molar-refractivity contribution in [1.29, 1.82) is 0 Å². The zero-order valence-corrected chi connectivity index (χ0v) is 21.1. The molecule has 2 amide bonds. The Labute approximate surface area is 209 Å². The maximum atomic E-state index is 13.2. The van der Waals surface area contributed by atoms with Crippen molar-refractivity contribution >= 4 is 50.2 Å². The van der Waals surface area contributed by atoms with E-state index in [0.717, 1.165) is 18.2 Å². The van der Waals surface area contributed by atoms with Crippen LogP contribution in [0.2, 0.25) is 5.02 Å². The lowest BCUT2D eigenvalue weighted by atomic mass is 10.0. The second-order valence-corrected chi connectivity index (χ2v) is 11.0. The lowest BCUT2D eigenvalue weighted by molar-refractivity contribution is -0.157. The molecule has 2 fully saturated rings. The summed E-state index contributed by atoms with van der Waals surface area (Å²) in [5, 5.41) is 2.06. The number of halogens is 1. The Bertz CT molecular complexity index is 1270. The summed E-state index contributed by atoms with van der Waals surface area (Å²) >= 11 is 6.00. The topological polar surface area (TPSA) is 113 Å². The standard InChI is InChI=1S/C24H28ClN3O6S/c1-15(22(29)28-11-4-3-5-21(28)24(31)34-2)27-12-10-20(23(27)30)26-35(32,33)19-9-7-16-13-18(25)8-6-17(16)14-19/h6-9,13-15,20-21,26H,3-5,10-12H2,1-2H3/t15-,20-,21?/m0/s1. The van der Waals surface area contributed by atoms with Crippen LogP contribution in [-0.2, 0) is 29.1 Å². The van der Waals surface area contributed by atoms with Gasteiger partial charge in [0.1, 0.15) is 18.1 Å². The number of fused-ring (bicyclic) bond motifs is 1. The van der Waals surface area contributed by atoms with E-state index in [4.69, 9.17) is 16.3 Å². The van der Waals surface area contributed by atoms with Crippen LogP contribution in [0.1, 0.15) is 32.6 Å². The Morgan fingerprint density at radius 1 is 1.09 bits per heavy atom. The molecule has 0 bridgehead atoms. The summed E-state index contributed by atoms with van der Waals surface area (Å²) < 4.78 is 33.4. The fourth-order valence-corrected chi connectivity index (χ4v) is 6.20. The van der Waals surface area contributed by atoms with E-state index in [1.54, 1.807) is 31.2 Å². The molecule has 3 atom stereocenters. The monoisotopic (exact) mass is 521 g/mol. The molecule has 0 aliphatic carbocycles. The molecule has 2 heterocycles. The SMILES string of the molecule is COC(=O)C1CCCCN1C(=O)[C@H](C)N1CC[C@H](NS(=O)(=O)c2ccc3cc(Cl)ccc3c2)C1=O. The van der Waals surface area contributed by atoms with Gasteiger partial charge in [-0.3, -0.25) is 9.59 Å². The van der Waals surface area contributed by atoms with E-state index >= 15 is 0 Å². The Morgan fingerprint density at radius 2 is 1.80 bits per heavy atom. The summed E-state index contributed by atoms with van der Waals surface area (Å²) in [6.07, 6.45) is 2.32. The number of hydrogen-bond donors (Lipinski definition) is 1. The summed E-state index contributed by atoms with van der Waals surface area (Å²) in [7, 11) is -2.69. The Kier molecular flexibility index (Phi) is 7.35. The van der Waals surface area contributed by atoms with E-state index in [9.17, 15) is 22.8 Å². The first kappa shape index (κ1) is 25.4. The third kappa shape index (κ3) is 5.14. The number of hydrogen-bond acceptors (Lipinski definition) is 6. The summed E-state index contributed by atoms with van der Waals surface area (Å²) in [6.45, 7) is 2.24. The van der Waals surface area contributed by atoms with Crippen LogP contribution in [0, 0.1) is 0 Å². The summed E-state index contributed by atoms with van der Waals surface area (Å²) in [5.74, 6) is -1.28. The molecule has 0 aromatic heterocycles. The number of benzene rings is 2. The van der Waals surface area contributed by atoms with Gasteiger partial charge in [-0.15, -0.1) is 0 Å². The van der Waals surface area contributed by atoms with Gasteiger partial charge in [0.15, 0.2) is 0 Å². The lowest BCUT2D eigenvalue weighted by Gasteiger charge is -2.37. The molecular weight excluding hydrogens is 494 g/mol. The lowest BCUT2D eigenvalue weighted by Crippen LogP contribution is -2.56. The van der Waals surface area contributed by atoms with Crippen molar-refractivity contribution in [3.05, 3.63) is 41.4 Å². The number of sulfonamides is 1. The highest BCUT2D eigenvalue weighted by atomic mass is 35.5. The first-order chi connectivity index (χ1) is 16.6. The largest absolute Gasteiger partial charge is 0.467 e. The molecule has 2 aromatic carbocycles. The molecule has 2 aliphatic heterocycles. The molecule has 9 nitrogen and oxygen atoms in total. The molecule has 188 valence electrons. The Hall–Kier alpha value is -2.69. The van der Waals surface area contributed by atoms with E-state index in [2.05, 4.69) is 4.72 Å². The van der Waals surface area contributed by atoms with Crippen LogP contribution in [0.4, 0.5) is 0 Å². The number of ether oxygens (including phenoxy) is 1. The van der Waals surface area contributed by atoms with Crippen LogP contribution in [0.15, 0.2) is 41.3 Å². The highest BCUT2D eigenvalue weighted by Crippen LogP contribution is 2.25. The smallest absolute Gasteiger partial charge is 0.328 e. The number of amides is 2. The van der Waals surface area contributed by atoms with Crippen molar-refractivity contribution in [1.82, 2.24) is 14.5 Å². The minimum atomic E-state index is -3.98. The number of piperidine rings is 1. The molecule has 1 unspecified atom stereocenters. The maximum absolute atomic E-state index is 13.2. The number of carbonyl (C=O) groups excluding carboxylic acids is 3. The zero-order valence-electron chi connectivity index (χ0n) is 19.6. The van der Waals surface area contributed by atoms with Gasteiger partial charge >= 0.3 is 5.97 Å². The van der Waals surface area contributed by atoms with Crippen LogP contribution >= 0.6 is 11.6 Å². The van der Waals surface area contributed by atoms with Crippen LogP contribution < -0.4 is 4.72 Å². The number of methoxy groups -OCH3 is 1. The molecule has 1 N–H and O–H groups in total. The fourth-order valence-electron chi connectivity index (χ4n) is 4.76. The van der Waals surface area contributed by atoms with Crippen molar-refractivity contribution < 1.29 is 27.5 Å². The average Bonchev–Trinajstić information content (AvgIpc) is 3.21. The number of nitrogens with one attached hydrogen (secondary N) is 1. The third-order valence-electron chi connectivity index (χ3n) is 6.71. The van der Waals surface area contributed by atoms with Gasteiger partial charge in [-0.25, -0.2) is 13.2 Å². The first-order valence-corrected chi connectivity index (χ1v) is 13.4. The van der Waals surface area contributed by atoms with Crippen LogP contribution in [-0.4, -0.2) is 74.3 Å². The average molecular weight is 522 g/mol.